The number of aryl methyl sites for hydroxylation is 1. The number of methoxy groups -OCH3 is 1. The van der Waals surface area contributed by atoms with Crippen LogP contribution in [0.1, 0.15) is 16.7 Å². The van der Waals surface area contributed by atoms with E-state index in [1.165, 1.54) is 4.31 Å². The summed E-state index contributed by atoms with van der Waals surface area (Å²) < 4.78 is 33.5. The number of nitrogens with one attached hydrogen (secondary N) is 1. The molecule has 1 aliphatic rings. The van der Waals surface area contributed by atoms with Crippen molar-refractivity contribution in [2.24, 2.45) is 0 Å². The minimum Gasteiger partial charge on any atom is -0.497 e. The zero-order valence-corrected chi connectivity index (χ0v) is 18.2. The van der Waals surface area contributed by atoms with E-state index in [-0.39, 0.29) is 17.3 Å². The van der Waals surface area contributed by atoms with Gasteiger partial charge in [0, 0.05) is 18.3 Å². The van der Waals surface area contributed by atoms with Crippen LogP contribution >= 0.6 is 0 Å². The molecule has 0 fully saturated rings. The highest BCUT2D eigenvalue weighted by molar-refractivity contribution is 7.89. The van der Waals surface area contributed by atoms with Crippen LogP contribution in [0.2, 0.25) is 0 Å². The van der Waals surface area contributed by atoms with Gasteiger partial charge in [0.15, 0.2) is 0 Å². The van der Waals surface area contributed by atoms with Gasteiger partial charge in [-0.15, -0.1) is 0 Å². The molecular formula is C24H24N2O4S. The zero-order valence-electron chi connectivity index (χ0n) is 17.4. The molecule has 1 aliphatic heterocycles. The highest BCUT2D eigenvalue weighted by Gasteiger charge is 2.39. The Bertz CT molecular complexity index is 1210. The van der Waals surface area contributed by atoms with Crippen molar-refractivity contribution in [2.45, 2.75) is 30.8 Å². The van der Waals surface area contributed by atoms with Crippen LogP contribution in [0.3, 0.4) is 0 Å². The van der Waals surface area contributed by atoms with Gasteiger partial charge in [0.2, 0.25) is 15.9 Å². The summed E-state index contributed by atoms with van der Waals surface area (Å²) in [6, 6.07) is 20.4. The normalized spacial score (nSPS) is 16.4. The molecule has 1 heterocycles. The lowest BCUT2D eigenvalue weighted by molar-refractivity contribution is -0.120. The van der Waals surface area contributed by atoms with Crippen molar-refractivity contribution in [1.29, 1.82) is 0 Å². The molecule has 7 heteroatoms. The van der Waals surface area contributed by atoms with Crippen LogP contribution in [-0.4, -0.2) is 31.8 Å². The van der Waals surface area contributed by atoms with E-state index >= 15 is 0 Å². The van der Waals surface area contributed by atoms with E-state index < -0.39 is 16.1 Å². The van der Waals surface area contributed by atoms with Gasteiger partial charge in [-0.25, -0.2) is 8.42 Å². The lowest BCUT2D eigenvalue weighted by Crippen LogP contribution is -2.50. The van der Waals surface area contributed by atoms with Crippen molar-refractivity contribution in [3.05, 3.63) is 89.5 Å². The lowest BCUT2D eigenvalue weighted by atomic mass is 9.95. The first-order valence-corrected chi connectivity index (χ1v) is 11.4. The first kappa shape index (κ1) is 21.1. The number of nitrogens with zero attached hydrogens (tertiary/aromatic N) is 1. The number of benzene rings is 3. The molecule has 0 unspecified atom stereocenters. The number of anilines is 1. The summed E-state index contributed by atoms with van der Waals surface area (Å²) in [4.78, 5) is 13.4. The van der Waals surface area contributed by atoms with Crippen molar-refractivity contribution in [1.82, 2.24) is 4.31 Å². The van der Waals surface area contributed by atoms with Crippen molar-refractivity contribution in [3.8, 4) is 5.75 Å². The second kappa shape index (κ2) is 8.53. The van der Waals surface area contributed by atoms with Crippen molar-refractivity contribution in [3.63, 3.8) is 0 Å². The molecule has 3 aromatic carbocycles. The van der Waals surface area contributed by atoms with E-state index in [2.05, 4.69) is 5.32 Å². The Hall–Kier alpha value is -3.16. The molecule has 160 valence electrons. The topological polar surface area (TPSA) is 75.7 Å². The number of fused-ring (bicyclic) bond motifs is 1. The Balaban J connectivity index is 1.70. The average Bonchev–Trinajstić information content (AvgIpc) is 2.78. The largest absolute Gasteiger partial charge is 0.497 e. The summed E-state index contributed by atoms with van der Waals surface area (Å²) in [6.07, 6.45) is 0.303. The number of hydrogen-bond acceptors (Lipinski definition) is 4. The molecular weight excluding hydrogens is 412 g/mol. The lowest BCUT2D eigenvalue weighted by Gasteiger charge is -2.35. The Morgan fingerprint density at radius 3 is 2.42 bits per heavy atom. The third kappa shape index (κ3) is 4.33. The fraction of sp³-hybridized carbons (Fsp3) is 0.208. The molecule has 0 saturated carbocycles. The first-order valence-electron chi connectivity index (χ1n) is 9.99. The minimum atomic E-state index is -3.87. The first-order chi connectivity index (χ1) is 14.9. The Kier molecular flexibility index (Phi) is 5.80. The van der Waals surface area contributed by atoms with Crippen LogP contribution in [0.25, 0.3) is 0 Å². The maximum Gasteiger partial charge on any atom is 0.244 e. The zero-order chi connectivity index (χ0) is 22.0. The van der Waals surface area contributed by atoms with Gasteiger partial charge in [0.25, 0.3) is 0 Å². The molecule has 31 heavy (non-hydrogen) atoms. The highest BCUT2D eigenvalue weighted by Crippen LogP contribution is 2.30. The maximum atomic E-state index is 13.5. The predicted molar refractivity (Wildman–Crippen MR) is 119 cm³/mol. The van der Waals surface area contributed by atoms with Gasteiger partial charge >= 0.3 is 0 Å². The van der Waals surface area contributed by atoms with Gasteiger partial charge in [-0.05, 0) is 48.7 Å². The third-order valence-electron chi connectivity index (χ3n) is 5.47. The van der Waals surface area contributed by atoms with E-state index in [1.807, 2.05) is 31.2 Å². The van der Waals surface area contributed by atoms with E-state index in [1.54, 1.807) is 55.6 Å². The van der Waals surface area contributed by atoms with Crippen molar-refractivity contribution in [2.75, 3.05) is 12.4 Å². The Labute approximate surface area is 182 Å². The molecule has 3 aromatic rings. The maximum absolute atomic E-state index is 13.5. The molecule has 0 bridgehead atoms. The highest BCUT2D eigenvalue weighted by atomic mass is 32.2. The summed E-state index contributed by atoms with van der Waals surface area (Å²) >= 11 is 0. The van der Waals surface area contributed by atoms with E-state index in [0.29, 0.717) is 17.9 Å². The molecule has 1 N–H and O–H groups in total. The number of amides is 1. The van der Waals surface area contributed by atoms with Crippen LogP contribution in [0.4, 0.5) is 5.69 Å². The summed E-state index contributed by atoms with van der Waals surface area (Å²) in [5.74, 6) is 0.231. The SMILES string of the molecule is COc1cccc(NC(=O)[C@H]2Cc3ccccc3CN2S(=O)(=O)c2ccc(C)cc2)c1. The number of rotatable bonds is 5. The number of carbonyl (C=O) groups is 1. The van der Waals surface area contributed by atoms with Gasteiger partial charge in [-0.1, -0.05) is 48.0 Å². The van der Waals surface area contributed by atoms with Gasteiger partial charge < -0.3 is 10.1 Å². The van der Waals surface area contributed by atoms with Crippen molar-refractivity contribution >= 4 is 21.6 Å². The fourth-order valence-corrected chi connectivity index (χ4v) is 5.31. The predicted octanol–water partition coefficient (Wildman–Crippen LogP) is 3.76. The standard InChI is InChI=1S/C24H24N2O4S/c1-17-10-12-22(13-11-17)31(28,29)26-16-19-7-4-3-6-18(19)14-23(26)24(27)25-20-8-5-9-21(15-20)30-2/h3-13,15,23H,14,16H2,1-2H3,(H,25,27)/t23-/m1/s1. The smallest absolute Gasteiger partial charge is 0.244 e. The van der Waals surface area contributed by atoms with Crippen LogP contribution < -0.4 is 10.1 Å². The van der Waals surface area contributed by atoms with Gasteiger partial charge in [-0.3, -0.25) is 4.79 Å². The van der Waals surface area contributed by atoms with E-state index in [4.69, 9.17) is 4.74 Å². The second-order valence-corrected chi connectivity index (χ2v) is 9.46. The average molecular weight is 437 g/mol. The number of carbonyl (C=O) groups excluding carboxylic acids is 1. The Morgan fingerprint density at radius 1 is 1.00 bits per heavy atom. The van der Waals surface area contributed by atoms with Gasteiger partial charge in [0.1, 0.15) is 11.8 Å². The monoisotopic (exact) mass is 436 g/mol. The minimum absolute atomic E-state index is 0.141. The molecule has 6 nitrogen and oxygen atoms in total. The molecule has 4 rings (SSSR count). The number of ether oxygens (including phenoxy) is 1. The Morgan fingerprint density at radius 2 is 1.71 bits per heavy atom. The second-order valence-electron chi connectivity index (χ2n) is 7.57. The molecule has 0 aliphatic carbocycles. The van der Waals surface area contributed by atoms with Crippen LogP contribution in [0.5, 0.6) is 5.75 Å². The van der Waals surface area contributed by atoms with Gasteiger partial charge in [-0.2, -0.15) is 4.31 Å². The van der Waals surface area contributed by atoms with Crippen LogP contribution in [-0.2, 0) is 27.8 Å². The number of sulfonamides is 1. The molecule has 1 amide bonds. The molecule has 0 radical (unpaired) electrons. The summed E-state index contributed by atoms with van der Waals surface area (Å²) in [5, 5.41) is 2.85. The molecule has 0 spiro atoms. The quantitative estimate of drug-likeness (QED) is 0.661. The molecule has 0 saturated heterocycles. The summed E-state index contributed by atoms with van der Waals surface area (Å²) in [5.41, 5.74) is 3.40. The van der Waals surface area contributed by atoms with Gasteiger partial charge in [0.05, 0.1) is 12.0 Å². The van der Waals surface area contributed by atoms with Crippen LogP contribution in [0, 0.1) is 6.92 Å². The van der Waals surface area contributed by atoms with E-state index in [9.17, 15) is 13.2 Å². The summed E-state index contributed by atoms with van der Waals surface area (Å²) in [7, 11) is -2.32. The van der Waals surface area contributed by atoms with Crippen molar-refractivity contribution < 1.29 is 17.9 Å². The molecule has 0 aromatic heterocycles. The van der Waals surface area contributed by atoms with Crippen LogP contribution in [0.15, 0.2) is 77.7 Å². The number of hydrogen-bond donors (Lipinski definition) is 1. The van der Waals surface area contributed by atoms with E-state index in [0.717, 1.165) is 16.7 Å². The summed E-state index contributed by atoms with van der Waals surface area (Å²) in [6.45, 7) is 2.04. The fourth-order valence-electron chi connectivity index (χ4n) is 3.75. The third-order valence-corrected chi connectivity index (χ3v) is 7.34. The molecule has 1 atom stereocenters.